The monoisotopic (exact) mass is 342 g/mol. The number of hydrogen-bond acceptors (Lipinski definition) is 2. The third-order valence-corrected chi connectivity index (χ3v) is 4.94. The van der Waals surface area contributed by atoms with Crippen LogP contribution in [0.5, 0.6) is 0 Å². The SMILES string of the molecule is CN1CCN(C(=O)CCc2cccc(Cl)c2)CC1c1ccccc1. The van der Waals surface area contributed by atoms with Gasteiger partial charge in [0.05, 0.1) is 6.04 Å². The minimum atomic E-state index is 0.226. The van der Waals surface area contributed by atoms with Crippen LogP contribution in [0.4, 0.5) is 0 Å². The molecule has 0 spiro atoms. The Morgan fingerprint density at radius 2 is 1.92 bits per heavy atom. The first-order valence-electron chi connectivity index (χ1n) is 8.41. The minimum Gasteiger partial charge on any atom is -0.339 e. The predicted octanol–water partition coefficient (Wildman–Crippen LogP) is 3.79. The Morgan fingerprint density at radius 3 is 2.67 bits per heavy atom. The van der Waals surface area contributed by atoms with Gasteiger partial charge in [-0.3, -0.25) is 9.69 Å². The molecule has 126 valence electrons. The number of piperazine rings is 1. The number of nitrogens with zero attached hydrogens (tertiary/aromatic N) is 2. The van der Waals surface area contributed by atoms with Crippen LogP contribution in [0, 0.1) is 0 Å². The highest BCUT2D eigenvalue weighted by Crippen LogP contribution is 2.24. The summed E-state index contributed by atoms with van der Waals surface area (Å²) in [5, 5.41) is 0.726. The highest BCUT2D eigenvalue weighted by atomic mass is 35.5. The van der Waals surface area contributed by atoms with Crippen molar-refractivity contribution in [3.63, 3.8) is 0 Å². The Kier molecular flexibility index (Phi) is 5.54. The number of aryl methyl sites for hydroxylation is 1. The van der Waals surface area contributed by atoms with Crippen molar-refractivity contribution in [1.29, 1.82) is 0 Å². The van der Waals surface area contributed by atoms with Crippen molar-refractivity contribution >= 4 is 17.5 Å². The molecule has 1 atom stereocenters. The third kappa shape index (κ3) is 4.16. The van der Waals surface area contributed by atoms with Gasteiger partial charge in [-0.25, -0.2) is 0 Å². The Balaban J connectivity index is 1.61. The second kappa shape index (κ2) is 7.82. The van der Waals surface area contributed by atoms with Gasteiger partial charge in [0.1, 0.15) is 0 Å². The van der Waals surface area contributed by atoms with E-state index in [1.807, 2.05) is 35.2 Å². The molecule has 4 heteroatoms. The molecule has 24 heavy (non-hydrogen) atoms. The van der Waals surface area contributed by atoms with Crippen molar-refractivity contribution in [2.24, 2.45) is 0 Å². The maximum absolute atomic E-state index is 12.6. The van der Waals surface area contributed by atoms with Crippen molar-refractivity contribution in [3.8, 4) is 0 Å². The second-order valence-corrected chi connectivity index (χ2v) is 6.81. The number of rotatable bonds is 4. The first kappa shape index (κ1) is 17.0. The average Bonchev–Trinajstić information content (AvgIpc) is 2.61. The number of carbonyl (C=O) groups is 1. The van der Waals surface area contributed by atoms with Gasteiger partial charge in [0.25, 0.3) is 0 Å². The molecule has 3 rings (SSSR count). The molecule has 1 aliphatic rings. The van der Waals surface area contributed by atoms with Crippen LogP contribution in [0.15, 0.2) is 54.6 Å². The number of carbonyl (C=O) groups excluding carboxylic acids is 1. The molecule has 0 N–H and O–H groups in total. The molecule has 0 saturated carbocycles. The molecule has 0 aliphatic carbocycles. The lowest BCUT2D eigenvalue weighted by Gasteiger charge is -2.39. The van der Waals surface area contributed by atoms with Crippen LogP contribution in [-0.4, -0.2) is 42.4 Å². The number of benzene rings is 2. The fraction of sp³-hybridized carbons (Fsp3) is 0.350. The second-order valence-electron chi connectivity index (χ2n) is 6.38. The van der Waals surface area contributed by atoms with E-state index in [2.05, 4.69) is 36.2 Å². The van der Waals surface area contributed by atoms with Crippen LogP contribution in [0.25, 0.3) is 0 Å². The molecule has 0 aromatic heterocycles. The molecule has 1 heterocycles. The highest BCUT2D eigenvalue weighted by Gasteiger charge is 2.27. The van der Waals surface area contributed by atoms with Gasteiger partial charge < -0.3 is 4.90 Å². The number of halogens is 1. The van der Waals surface area contributed by atoms with Gasteiger partial charge in [-0.1, -0.05) is 54.1 Å². The molecule has 1 aliphatic heterocycles. The molecule has 1 amide bonds. The molecule has 3 nitrogen and oxygen atoms in total. The first-order valence-corrected chi connectivity index (χ1v) is 8.78. The van der Waals surface area contributed by atoms with E-state index in [9.17, 15) is 4.79 Å². The van der Waals surface area contributed by atoms with E-state index in [1.54, 1.807) is 0 Å². The molecule has 1 fully saturated rings. The summed E-state index contributed by atoms with van der Waals surface area (Å²) in [6.07, 6.45) is 1.27. The maximum Gasteiger partial charge on any atom is 0.223 e. The van der Waals surface area contributed by atoms with E-state index < -0.39 is 0 Å². The minimum absolute atomic E-state index is 0.226. The topological polar surface area (TPSA) is 23.6 Å². The van der Waals surface area contributed by atoms with Gasteiger partial charge in [0.2, 0.25) is 5.91 Å². The van der Waals surface area contributed by atoms with Gasteiger partial charge in [-0.2, -0.15) is 0 Å². The summed E-state index contributed by atoms with van der Waals surface area (Å²) < 4.78 is 0. The number of hydrogen-bond donors (Lipinski definition) is 0. The molecular weight excluding hydrogens is 320 g/mol. The normalized spacial score (nSPS) is 18.6. The number of likely N-dealkylation sites (N-methyl/N-ethyl adjacent to an activating group) is 1. The first-order chi connectivity index (χ1) is 11.6. The molecule has 0 radical (unpaired) electrons. The van der Waals surface area contributed by atoms with Crippen molar-refractivity contribution in [3.05, 3.63) is 70.7 Å². The van der Waals surface area contributed by atoms with Gasteiger partial charge in [-0.05, 0) is 36.7 Å². The van der Waals surface area contributed by atoms with Crippen LogP contribution in [-0.2, 0) is 11.2 Å². The van der Waals surface area contributed by atoms with E-state index in [0.717, 1.165) is 36.6 Å². The van der Waals surface area contributed by atoms with Crippen molar-refractivity contribution < 1.29 is 4.79 Å². The molecule has 0 bridgehead atoms. The van der Waals surface area contributed by atoms with E-state index in [4.69, 9.17) is 11.6 Å². The third-order valence-electron chi connectivity index (χ3n) is 4.70. The van der Waals surface area contributed by atoms with Crippen LogP contribution >= 0.6 is 11.6 Å². The molecule has 1 unspecified atom stereocenters. The summed E-state index contributed by atoms with van der Waals surface area (Å²) in [5.41, 5.74) is 2.39. The van der Waals surface area contributed by atoms with E-state index in [1.165, 1.54) is 5.56 Å². The summed E-state index contributed by atoms with van der Waals surface area (Å²) in [6, 6.07) is 18.5. The smallest absolute Gasteiger partial charge is 0.223 e. The zero-order valence-corrected chi connectivity index (χ0v) is 14.7. The lowest BCUT2D eigenvalue weighted by Crippen LogP contribution is -2.49. The van der Waals surface area contributed by atoms with Gasteiger partial charge in [0.15, 0.2) is 0 Å². The van der Waals surface area contributed by atoms with E-state index in [-0.39, 0.29) is 11.9 Å². The standard InChI is InChI=1S/C20H23ClN2O/c1-22-12-13-23(15-19(22)17-7-3-2-4-8-17)20(24)11-10-16-6-5-9-18(21)14-16/h2-9,14,19H,10-13,15H2,1H3. The Bertz CT molecular complexity index is 689. The molecule has 2 aromatic rings. The van der Waals surface area contributed by atoms with Crippen molar-refractivity contribution in [2.75, 3.05) is 26.7 Å². The predicted molar refractivity (Wildman–Crippen MR) is 98.2 cm³/mol. The van der Waals surface area contributed by atoms with Gasteiger partial charge in [-0.15, -0.1) is 0 Å². The van der Waals surface area contributed by atoms with Crippen LogP contribution in [0.1, 0.15) is 23.6 Å². The van der Waals surface area contributed by atoms with Gasteiger partial charge in [0, 0.05) is 31.1 Å². The van der Waals surface area contributed by atoms with E-state index in [0.29, 0.717) is 6.42 Å². The van der Waals surface area contributed by atoms with Crippen LogP contribution < -0.4 is 0 Å². The van der Waals surface area contributed by atoms with E-state index >= 15 is 0 Å². The Hall–Kier alpha value is -1.84. The van der Waals surface area contributed by atoms with Crippen molar-refractivity contribution in [1.82, 2.24) is 9.80 Å². The molecular formula is C20H23ClN2O. The highest BCUT2D eigenvalue weighted by molar-refractivity contribution is 6.30. The Morgan fingerprint density at radius 1 is 1.12 bits per heavy atom. The van der Waals surface area contributed by atoms with Crippen LogP contribution in [0.3, 0.4) is 0 Å². The zero-order valence-electron chi connectivity index (χ0n) is 14.0. The quantitative estimate of drug-likeness (QED) is 0.844. The summed E-state index contributed by atoms with van der Waals surface area (Å²) in [6.45, 7) is 2.46. The summed E-state index contributed by atoms with van der Waals surface area (Å²) >= 11 is 6.01. The largest absolute Gasteiger partial charge is 0.339 e. The summed E-state index contributed by atoms with van der Waals surface area (Å²) in [4.78, 5) is 16.9. The number of amides is 1. The summed E-state index contributed by atoms with van der Waals surface area (Å²) in [5.74, 6) is 0.226. The molecule has 1 saturated heterocycles. The average molecular weight is 343 g/mol. The van der Waals surface area contributed by atoms with Crippen LogP contribution in [0.2, 0.25) is 5.02 Å². The van der Waals surface area contributed by atoms with Crippen molar-refractivity contribution in [2.45, 2.75) is 18.9 Å². The Labute approximate surface area is 148 Å². The fourth-order valence-corrected chi connectivity index (χ4v) is 3.45. The van der Waals surface area contributed by atoms with Gasteiger partial charge >= 0.3 is 0 Å². The lowest BCUT2D eigenvalue weighted by atomic mass is 10.0. The maximum atomic E-state index is 12.6. The lowest BCUT2D eigenvalue weighted by molar-refractivity contribution is -0.134. The zero-order chi connectivity index (χ0) is 16.9. The summed E-state index contributed by atoms with van der Waals surface area (Å²) in [7, 11) is 2.13. The molecule has 2 aromatic carbocycles. The fourth-order valence-electron chi connectivity index (χ4n) is 3.24.